The maximum Gasteiger partial charge on any atom is 0.332 e. The molecular weight excluding hydrogens is 250 g/mol. The Morgan fingerprint density at radius 1 is 1.32 bits per heavy atom. The number of esters is 1. The van der Waals surface area contributed by atoms with Crippen molar-refractivity contribution in [2.75, 3.05) is 7.11 Å². The highest BCUT2D eigenvalue weighted by Crippen LogP contribution is 2.18. The van der Waals surface area contributed by atoms with Gasteiger partial charge in [0.1, 0.15) is 11.8 Å². The Labute approximate surface area is 110 Å². The third-order valence-electron chi connectivity index (χ3n) is 2.38. The van der Waals surface area contributed by atoms with E-state index in [9.17, 15) is 9.59 Å². The molecule has 0 saturated carbocycles. The lowest BCUT2D eigenvalue weighted by atomic mass is 10.1. The average molecular weight is 265 g/mol. The molecular formula is C13H15NO5. The number of benzene rings is 1. The van der Waals surface area contributed by atoms with Crippen molar-refractivity contribution in [3.8, 4) is 5.75 Å². The van der Waals surface area contributed by atoms with E-state index in [0.717, 1.165) is 6.08 Å². The molecule has 0 spiro atoms. The van der Waals surface area contributed by atoms with Gasteiger partial charge in [-0.05, 0) is 24.6 Å². The van der Waals surface area contributed by atoms with Gasteiger partial charge in [-0.2, -0.15) is 0 Å². The second-order valence-corrected chi connectivity index (χ2v) is 3.86. The number of carboxylic acids is 1. The van der Waals surface area contributed by atoms with Crippen molar-refractivity contribution in [3.63, 3.8) is 0 Å². The normalized spacial score (nSPS) is 12.6. The third-order valence-corrected chi connectivity index (χ3v) is 2.38. The molecule has 0 radical (unpaired) electrons. The number of phenols is 1. The predicted molar refractivity (Wildman–Crippen MR) is 67.4 cm³/mol. The van der Waals surface area contributed by atoms with Crippen LogP contribution in [-0.2, 0) is 14.3 Å². The van der Waals surface area contributed by atoms with Gasteiger partial charge in [0, 0.05) is 11.8 Å². The van der Waals surface area contributed by atoms with Gasteiger partial charge in [-0.15, -0.1) is 0 Å². The van der Waals surface area contributed by atoms with E-state index in [0.29, 0.717) is 11.3 Å². The zero-order valence-corrected chi connectivity index (χ0v) is 10.6. The summed E-state index contributed by atoms with van der Waals surface area (Å²) in [6.45, 7) is 1.56. The summed E-state index contributed by atoms with van der Waals surface area (Å²) in [5.74, 6) is -1.61. The summed E-state index contributed by atoms with van der Waals surface area (Å²) in [4.78, 5) is 22.2. The minimum atomic E-state index is -1.09. The Morgan fingerprint density at radius 3 is 2.37 bits per heavy atom. The van der Waals surface area contributed by atoms with Crippen LogP contribution in [0.15, 0.2) is 36.0 Å². The standard InChI is InChI=1S/C13H15NO5/c1-8(7-11(16)19-2)14-12(13(17)18)9-3-5-10(15)6-4-9/h3-7,12,14-15H,1-2H3,(H,17,18)/b8-7+. The second kappa shape index (κ2) is 6.44. The van der Waals surface area contributed by atoms with Gasteiger partial charge >= 0.3 is 11.9 Å². The first-order chi connectivity index (χ1) is 8.93. The lowest BCUT2D eigenvalue weighted by Gasteiger charge is -2.16. The Hall–Kier alpha value is -2.50. The van der Waals surface area contributed by atoms with Crippen molar-refractivity contribution in [2.45, 2.75) is 13.0 Å². The van der Waals surface area contributed by atoms with Crippen LogP contribution in [0.4, 0.5) is 0 Å². The fraction of sp³-hybridized carbons (Fsp3) is 0.231. The molecule has 6 nitrogen and oxygen atoms in total. The number of carboxylic acid groups (broad SMARTS) is 1. The first-order valence-corrected chi connectivity index (χ1v) is 5.48. The van der Waals surface area contributed by atoms with Crippen molar-refractivity contribution in [2.24, 2.45) is 0 Å². The fourth-order valence-electron chi connectivity index (χ4n) is 1.46. The number of ether oxygens (including phenoxy) is 1. The van der Waals surface area contributed by atoms with Crippen LogP contribution in [0.25, 0.3) is 0 Å². The minimum Gasteiger partial charge on any atom is -0.508 e. The van der Waals surface area contributed by atoms with Crippen molar-refractivity contribution < 1.29 is 24.5 Å². The number of allylic oxidation sites excluding steroid dienone is 1. The molecule has 102 valence electrons. The van der Waals surface area contributed by atoms with Gasteiger partial charge in [0.05, 0.1) is 7.11 Å². The summed E-state index contributed by atoms with van der Waals surface area (Å²) in [5, 5.41) is 21.0. The summed E-state index contributed by atoms with van der Waals surface area (Å²) in [6, 6.07) is 4.76. The fourth-order valence-corrected chi connectivity index (χ4v) is 1.46. The highest BCUT2D eigenvalue weighted by molar-refractivity contribution is 5.83. The molecule has 1 aromatic rings. The van der Waals surface area contributed by atoms with E-state index in [1.807, 2.05) is 0 Å². The molecule has 6 heteroatoms. The highest BCUT2D eigenvalue weighted by Gasteiger charge is 2.19. The number of methoxy groups -OCH3 is 1. The molecule has 1 unspecified atom stereocenters. The number of nitrogens with one attached hydrogen (secondary N) is 1. The van der Waals surface area contributed by atoms with E-state index in [1.54, 1.807) is 6.92 Å². The van der Waals surface area contributed by atoms with Crippen LogP contribution in [0.2, 0.25) is 0 Å². The van der Waals surface area contributed by atoms with E-state index in [-0.39, 0.29) is 5.75 Å². The van der Waals surface area contributed by atoms with Crippen LogP contribution in [-0.4, -0.2) is 29.3 Å². The second-order valence-electron chi connectivity index (χ2n) is 3.86. The summed E-state index contributed by atoms with van der Waals surface area (Å²) < 4.78 is 4.45. The zero-order valence-electron chi connectivity index (χ0n) is 10.6. The number of aliphatic carboxylic acids is 1. The van der Waals surface area contributed by atoms with Gasteiger partial charge in [-0.3, -0.25) is 0 Å². The number of hydrogen-bond acceptors (Lipinski definition) is 5. The first-order valence-electron chi connectivity index (χ1n) is 5.48. The Kier molecular flexibility index (Phi) is 4.93. The lowest BCUT2D eigenvalue weighted by molar-refractivity contribution is -0.139. The van der Waals surface area contributed by atoms with E-state index < -0.39 is 18.0 Å². The SMILES string of the molecule is COC(=O)/C=C(\C)NC(C(=O)O)c1ccc(O)cc1. The molecule has 1 atom stereocenters. The molecule has 0 heterocycles. The Balaban J connectivity index is 2.91. The van der Waals surface area contributed by atoms with Crippen LogP contribution in [0.1, 0.15) is 18.5 Å². The van der Waals surface area contributed by atoms with Crippen LogP contribution in [0, 0.1) is 0 Å². The molecule has 0 aliphatic rings. The predicted octanol–water partition coefficient (Wildman–Crippen LogP) is 1.18. The van der Waals surface area contributed by atoms with E-state index >= 15 is 0 Å². The molecule has 0 bridgehead atoms. The lowest BCUT2D eigenvalue weighted by Crippen LogP contribution is -2.27. The van der Waals surface area contributed by atoms with Gasteiger partial charge < -0.3 is 20.3 Å². The average Bonchev–Trinajstić information content (AvgIpc) is 2.36. The molecule has 1 rings (SSSR count). The van der Waals surface area contributed by atoms with E-state index in [2.05, 4.69) is 10.1 Å². The van der Waals surface area contributed by atoms with Gasteiger partial charge in [0.2, 0.25) is 0 Å². The van der Waals surface area contributed by atoms with Crippen molar-refractivity contribution >= 4 is 11.9 Å². The van der Waals surface area contributed by atoms with Gasteiger partial charge in [0.25, 0.3) is 0 Å². The number of phenolic OH excluding ortho intramolecular Hbond substituents is 1. The topological polar surface area (TPSA) is 95.9 Å². The number of hydrogen-bond donors (Lipinski definition) is 3. The van der Waals surface area contributed by atoms with Gasteiger partial charge in [-0.1, -0.05) is 12.1 Å². The number of rotatable bonds is 5. The third kappa shape index (κ3) is 4.34. The molecule has 0 fully saturated rings. The van der Waals surface area contributed by atoms with Crippen LogP contribution >= 0.6 is 0 Å². The van der Waals surface area contributed by atoms with E-state index in [4.69, 9.17) is 10.2 Å². The summed E-state index contributed by atoms with van der Waals surface area (Å²) in [6.07, 6.45) is 1.16. The van der Waals surface area contributed by atoms with Crippen LogP contribution in [0.3, 0.4) is 0 Å². The smallest absolute Gasteiger partial charge is 0.332 e. The summed E-state index contributed by atoms with van der Waals surface area (Å²) in [7, 11) is 1.24. The Bertz CT molecular complexity index is 492. The van der Waals surface area contributed by atoms with Gasteiger partial charge in [-0.25, -0.2) is 9.59 Å². The van der Waals surface area contributed by atoms with Crippen LogP contribution in [0.5, 0.6) is 5.75 Å². The first kappa shape index (κ1) is 14.6. The quantitative estimate of drug-likeness (QED) is 0.546. The maximum atomic E-state index is 11.2. The van der Waals surface area contributed by atoms with Crippen molar-refractivity contribution in [3.05, 3.63) is 41.6 Å². The molecule has 0 amide bonds. The largest absolute Gasteiger partial charge is 0.508 e. The molecule has 0 aliphatic carbocycles. The number of carbonyl (C=O) groups is 2. The molecule has 0 aliphatic heterocycles. The minimum absolute atomic E-state index is 0.0507. The van der Waals surface area contributed by atoms with E-state index in [1.165, 1.54) is 31.4 Å². The zero-order chi connectivity index (χ0) is 14.4. The van der Waals surface area contributed by atoms with Gasteiger partial charge in [0.15, 0.2) is 0 Å². The number of carbonyl (C=O) groups excluding carboxylic acids is 1. The number of aromatic hydroxyl groups is 1. The molecule has 3 N–H and O–H groups in total. The highest BCUT2D eigenvalue weighted by atomic mass is 16.5. The Morgan fingerprint density at radius 2 is 1.89 bits per heavy atom. The van der Waals surface area contributed by atoms with Crippen LogP contribution < -0.4 is 5.32 Å². The summed E-state index contributed by atoms with van der Waals surface area (Å²) >= 11 is 0. The molecule has 0 saturated heterocycles. The molecule has 0 aromatic heterocycles. The summed E-state index contributed by atoms with van der Waals surface area (Å²) in [5.41, 5.74) is 0.829. The molecule has 19 heavy (non-hydrogen) atoms. The van der Waals surface area contributed by atoms with Crippen molar-refractivity contribution in [1.82, 2.24) is 5.32 Å². The molecule has 1 aromatic carbocycles. The monoisotopic (exact) mass is 265 g/mol. The van der Waals surface area contributed by atoms with Crippen molar-refractivity contribution in [1.29, 1.82) is 0 Å². The maximum absolute atomic E-state index is 11.2.